The van der Waals surface area contributed by atoms with E-state index in [0.29, 0.717) is 17.2 Å². The molecule has 0 unspecified atom stereocenters. The number of hydrogen-bond donors (Lipinski definition) is 1. The smallest absolute Gasteiger partial charge is 0.340 e. The minimum Gasteiger partial charge on any atom is -0.493 e. The van der Waals surface area contributed by atoms with Crippen molar-refractivity contribution in [3.63, 3.8) is 0 Å². The van der Waals surface area contributed by atoms with Gasteiger partial charge < -0.3 is 24.3 Å². The van der Waals surface area contributed by atoms with E-state index in [4.69, 9.17) is 18.9 Å². The van der Waals surface area contributed by atoms with E-state index in [9.17, 15) is 9.59 Å². The van der Waals surface area contributed by atoms with Crippen LogP contribution in [0.3, 0.4) is 0 Å². The molecule has 7 heteroatoms. The Labute approximate surface area is 164 Å². The van der Waals surface area contributed by atoms with Crippen LogP contribution < -0.4 is 19.5 Å². The van der Waals surface area contributed by atoms with Crippen LogP contribution in [-0.2, 0) is 9.53 Å². The summed E-state index contributed by atoms with van der Waals surface area (Å²) >= 11 is 0. The number of methoxy groups -OCH3 is 3. The second-order valence-electron chi connectivity index (χ2n) is 6.24. The van der Waals surface area contributed by atoms with E-state index < -0.39 is 18.0 Å². The van der Waals surface area contributed by atoms with Gasteiger partial charge in [0.25, 0.3) is 5.91 Å². The zero-order chi connectivity index (χ0) is 20.8. The summed E-state index contributed by atoms with van der Waals surface area (Å²) in [6.45, 7) is 5.60. The van der Waals surface area contributed by atoms with Gasteiger partial charge in [0, 0.05) is 12.1 Å². The number of nitrogens with one attached hydrogen (secondary N) is 1. The maximum atomic E-state index is 12.6. The molecule has 0 heterocycles. The number of esters is 1. The maximum absolute atomic E-state index is 12.6. The van der Waals surface area contributed by atoms with E-state index in [0.717, 1.165) is 11.1 Å². The molecule has 0 aliphatic rings. The first kappa shape index (κ1) is 21.1. The van der Waals surface area contributed by atoms with Gasteiger partial charge in [-0.2, -0.15) is 0 Å². The molecule has 2 aromatic rings. The summed E-state index contributed by atoms with van der Waals surface area (Å²) in [7, 11) is 4.18. The lowest BCUT2D eigenvalue weighted by atomic mass is 10.1. The van der Waals surface area contributed by atoms with Crippen LogP contribution in [0.2, 0.25) is 0 Å². The normalized spacial score (nSPS) is 11.4. The van der Waals surface area contributed by atoms with Crippen molar-refractivity contribution in [1.29, 1.82) is 0 Å². The van der Waals surface area contributed by atoms with Crippen molar-refractivity contribution >= 4 is 17.6 Å². The molecule has 2 rings (SSSR count). The molecule has 0 bridgehead atoms. The lowest BCUT2D eigenvalue weighted by molar-refractivity contribution is -0.122. The summed E-state index contributed by atoms with van der Waals surface area (Å²) in [5.74, 6) is 0.273. The molecule has 1 atom stereocenters. The van der Waals surface area contributed by atoms with Crippen LogP contribution in [0.4, 0.5) is 5.69 Å². The quantitative estimate of drug-likeness (QED) is 0.732. The Morgan fingerprint density at radius 2 is 1.57 bits per heavy atom. The molecule has 2 aromatic carbocycles. The number of benzene rings is 2. The van der Waals surface area contributed by atoms with Gasteiger partial charge in [-0.15, -0.1) is 0 Å². The van der Waals surface area contributed by atoms with Gasteiger partial charge in [0.15, 0.2) is 17.6 Å². The molecule has 0 aliphatic heterocycles. The van der Waals surface area contributed by atoms with Gasteiger partial charge >= 0.3 is 5.97 Å². The minimum absolute atomic E-state index is 0.145. The number of hydrogen-bond acceptors (Lipinski definition) is 6. The average molecular weight is 387 g/mol. The Balaban J connectivity index is 2.25. The summed E-state index contributed by atoms with van der Waals surface area (Å²) in [5.41, 5.74) is 2.59. The van der Waals surface area contributed by atoms with Crippen LogP contribution in [0.5, 0.6) is 17.2 Å². The lowest BCUT2D eigenvalue weighted by Gasteiger charge is -2.18. The largest absolute Gasteiger partial charge is 0.493 e. The molecule has 28 heavy (non-hydrogen) atoms. The summed E-state index contributed by atoms with van der Waals surface area (Å²) in [5, 5.41) is 2.70. The van der Waals surface area contributed by atoms with Gasteiger partial charge in [0.05, 0.1) is 32.6 Å². The first-order valence-electron chi connectivity index (χ1n) is 8.69. The fraction of sp³-hybridized carbons (Fsp3) is 0.333. The van der Waals surface area contributed by atoms with Crippen LogP contribution in [-0.4, -0.2) is 39.3 Å². The molecule has 0 spiro atoms. The lowest BCUT2D eigenvalue weighted by Crippen LogP contribution is -2.30. The zero-order valence-electron chi connectivity index (χ0n) is 16.9. The van der Waals surface area contributed by atoms with Crippen molar-refractivity contribution in [1.82, 2.24) is 0 Å². The summed E-state index contributed by atoms with van der Waals surface area (Å²) in [6, 6.07) is 8.57. The Morgan fingerprint density at radius 1 is 0.929 bits per heavy atom. The topological polar surface area (TPSA) is 83.1 Å². The highest BCUT2D eigenvalue weighted by atomic mass is 16.5. The highest BCUT2D eigenvalue weighted by Gasteiger charge is 2.22. The molecule has 0 radical (unpaired) electrons. The molecular weight excluding hydrogens is 362 g/mol. The van der Waals surface area contributed by atoms with Gasteiger partial charge in [0.2, 0.25) is 0 Å². The second kappa shape index (κ2) is 9.12. The van der Waals surface area contributed by atoms with E-state index in [1.54, 1.807) is 6.92 Å². The third kappa shape index (κ3) is 4.73. The summed E-state index contributed by atoms with van der Waals surface area (Å²) in [6.07, 6.45) is -0.791. The number of carbonyl (C=O) groups excluding carboxylic acids is 2. The average Bonchev–Trinajstić information content (AvgIpc) is 2.69. The second-order valence-corrected chi connectivity index (χ2v) is 6.24. The number of aryl methyl sites for hydroxylation is 2. The van der Waals surface area contributed by atoms with Crippen molar-refractivity contribution in [3.8, 4) is 17.2 Å². The van der Waals surface area contributed by atoms with E-state index >= 15 is 0 Å². The van der Waals surface area contributed by atoms with Gasteiger partial charge in [-0.05, 0) is 44.0 Å². The van der Waals surface area contributed by atoms with Crippen LogP contribution in [0.1, 0.15) is 28.4 Å². The van der Waals surface area contributed by atoms with Crippen molar-refractivity contribution in [3.05, 3.63) is 47.0 Å². The predicted octanol–water partition coefficient (Wildman–Crippen LogP) is 3.51. The molecule has 0 aliphatic carbocycles. The van der Waals surface area contributed by atoms with Crippen LogP contribution in [0.15, 0.2) is 30.3 Å². The molecular formula is C21H25NO6. The monoisotopic (exact) mass is 387 g/mol. The summed E-state index contributed by atoms with van der Waals surface area (Å²) < 4.78 is 21.0. The van der Waals surface area contributed by atoms with Crippen molar-refractivity contribution in [2.75, 3.05) is 26.6 Å². The van der Waals surface area contributed by atoms with E-state index in [-0.39, 0.29) is 11.3 Å². The molecule has 7 nitrogen and oxygen atoms in total. The highest BCUT2D eigenvalue weighted by Crippen LogP contribution is 2.34. The van der Waals surface area contributed by atoms with Crippen LogP contribution in [0, 0.1) is 13.8 Å². The molecule has 0 fully saturated rings. The molecule has 0 aromatic heterocycles. The van der Waals surface area contributed by atoms with Gasteiger partial charge in [-0.1, -0.05) is 6.07 Å². The number of carbonyl (C=O) groups is 2. The number of amides is 1. The highest BCUT2D eigenvalue weighted by molar-refractivity contribution is 6.03. The minimum atomic E-state index is -0.791. The standard InChI is InChI=1S/C21H25NO6/c1-12-7-8-15(9-13(12)2)28-14(3)20(23)22-17-11-19(26-5)18(25-4)10-16(17)21(24)27-6/h7-11,14H,1-6H3,(H,22,23)/t14-/m1/s1. The Morgan fingerprint density at radius 3 is 2.14 bits per heavy atom. The fourth-order valence-electron chi connectivity index (χ4n) is 2.54. The van der Waals surface area contributed by atoms with Crippen LogP contribution >= 0.6 is 0 Å². The van der Waals surface area contributed by atoms with Gasteiger partial charge in [-0.25, -0.2) is 4.79 Å². The maximum Gasteiger partial charge on any atom is 0.340 e. The van der Waals surface area contributed by atoms with E-state index in [2.05, 4.69) is 5.32 Å². The van der Waals surface area contributed by atoms with Gasteiger partial charge in [0.1, 0.15) is 5.75 Å². The SMILES string of the molecule is COC(=O)c1cc(OC)c(OC)cc1NC(=O)[C@@H](C)Oc1ccc(C)c(C)c1. The van der Waals surface area contributed by atoms with E-state index in [1.807, 2.05) is 32.0 Å². The third-order valence-electron chi connectivity index (χ3n) is 4.35. The van der Waals surface area contributed by atoms with Crippen molar-refractivity contribution in [2.45, 2.75) is 26.9 Å². The third-order valence-corrected chi connectivity index (χ3v) is 4.35. The molecule has 150 valence electrons. The van der Waals surface area contributed by atoms with Crippen molar-refractivity contribution in [2.24, 2.45) is 0 Å². The first-order valence-corrected chi connectivity index (χ1v) is 8.69. The van der Waals surface area contributed by atoms with E-state index in [1.165, 1.54) is 33.5 Å². The Kier molecular flexibility index (Phi) is 6.87. The first-order chi connectivity index (χ1) is 13.3. The zero-order valence-corrected chi connectivity index (χ0v) is 16.9. The van der Waals surface area contributed by atoms with Crippen molar-refractivity contribution < 1.29 is 28.5 Å². The Hall–Kier alpha value is -3.22. The number of rotatable bonds is 7. The summed E-state index contributed by atoms with van der Waals surface area (Å²) in [4.78, 5) is 24.7. The molecule has 0 saturated heterocycles. The number of anilines is 1. The molecule has 1 N–H and O–H groups in total. The molecule has 1 amide bonds. The Bertz CT molecular complexity index is 877. The fourth-order valence-corrected chi connectivity index (χ4v) is 2.54. The molecule has 0 saturated carbocycles. The van der Waals surface area contributed by atoms with Crippen LogP contribution in [0.25, 0.3) is 0 Å². The predicted molar refractivity (Wildman–Crippen MR) is 106 cm³/mol. The van der Waals surface area contributed by atoms with Gasteiger partial charge in [-0.3, -0.25) is 4.79 Å². The number of ether oxygens (including phenoxy) is 4.